The molecule has 1 atom stereocenters. The predicted octanol–water partition coefficient (Wildman–Crippen LogP) is 5.09. The van der Waals surface area contributed by atoms with E-state index in [9.17, 15) is 18.0 Å². The highest BCUT2D eigenvalue weighted by Crippen LogP contribution is 2.26. The molecule has 202 valence electrons. The fourth-order valence-electron chi connectivity index (χ4n) is 3.93. The Balaban J connectivity index is 2.03. The summed E-state index contributed by atoms with van der Waals surface area (Å²) < 4.78 is 28.6. The van der Waals surface area contributed by atoms with Crippen molar-refractivity contribution in [2.45, 2.75) is 58.1 Å². The summed E-state index contributed by atoms with van der Waals surface area (Å²) in [6.45, 7) is 8.83. The lowest BCUT2D eigenvalue weighted by atomic mass is 10.1. The lowest BCUT2D eigenvalue weighted by molar-refractivity contribution is -0.139. The molecule has 3 rings (SSSR count). The molecule has 0 aliphatic heterocycles. The van der Waals surface area contributed by atoms with E-state index in [2.05, 4.69) is 5.32 Å². The van der Waals surface area contributed by atoms with Crippen molar-refractivity contribution < 1.29 is 18.0 Å². The lowest BCUT2D eigenvalue weighted by Gasteiger charge is -2.32. The average molecular weight is 556 g/mol. The molecule has 0 aromatic heterocycles. The first kappa shape index (κ1) is 29.2. The topological polar surface area (TPSA) is 86.8 Å². The highest BCUT2D eigenvalue weighted by atomic mass is 35.5. The first-order valence-corrected chi connectivity index (χ1v) is 14.2. The smallest absolute Gasteiger partial charge is 0.264 e. The minimum atomic E-state index is -4.13. The maximum atomic E-state index is 13.9. The van der Waals surface area contributed by atoms with Gasteiger partial charge in [-0.25, -0.2) is 8.42 Å². The first-order chi connectivity index (χ1) is 17.9. The summed E-state index contributed by atoms with van der Waals surface area (Å²) in [5, 5.41) is 3.25. The van der Waals surface area contributed by atoms with E-state index in [1.807, 2.05) is 52.0 Å². The van der Waals surface area contributed by atoms with E-state index < -0.39 is 28.5 Å². The molecule has 2 amide bonds. The number of nitrogens with zero attached hydrogens (tertiary/aromatic N) is 2. The molecule has 0 radical (unpaired) electrons. The summed E-state index contributed by atoms with van der Waals surface area (Å²) in [5.74, 6) is -0.817. The van der Waals surface area contributed by atoms with E-state index in [1.54, 1.807) is 31.2 Å². The Labute approximate surface area is 230 Å². The van der Waals surface area contributed by atoms with Crippen LogP contribution in [0.3, 0.4) is 0 Å². The van der Waals surface area contributed by atoms with Crippen LogP contribution in [0.2, 0.25) is 5.02 Å². The molecule has 38 heavy (non-hydrogen) atoms. The number of carbonyl (C=O) groups is 2. The summed E-state index contributed by atoms with van der Waals surface area (Å²) in [6, 6.07) is 19.3. The van der Waals surface area contributed by atoms with Gasteiger partial charge in [-0.05, 0) is 82.1 Å². The maximum Gasteiger partial charge on any atom is 0.264 e. The van der Waals surface area contributed by atoms with Crippen molar-refractivity contribution >= 4 is 39.1 Å². The van der Waals surface area contributed by atoms with Gasteiger partial charge in [-0.3, -0.25) is 13.9 Å². The Bertz CT molecular complexity index is 1370. The number of halogens is 1. The van der Waals surface area contributed by atoms with Gasteiger partial charge in [0.1, 0.15) is 12.6 Å². The molecule has 0 fully saturated rings. The van der Waals surface area contributed by atoms with Gasteiger partial charge in [-0.2, -0.15) is 0 Å². The normalized spacial score (nSPS) is 12.2. The van der Waals surface area contributed by atoms with E-state index in [0.29, 0.717) is 10.7 Å². The summed E-state index contributed by atoms with van der Waals surface area (Å²) in [4.78, 5) is 28.3. The lowest BCUT2D eigenvalue weighted by Crippen LogP contribution is -2.52. The number of sulfonamides is 1. The van der Waals surface area contributed by atoms with E-state index in [1.165, 1.54) is 29.2 Å². The number of rotatable bonds is 10. The Hall–Kier alpha value is -3.36. The summed E-state index contributed by atoms with van der Waals surface area (Å²) in [6.07, 6.45) is 0. The number of benzene rings is 3. The van der Waals surface area contributed by atoms with Gasteiger partial charge in [0.2, 0.25) is 11.8 Å². The van der Waals surface area contributed by atoms with Crippen molar-refractivity contribution in [1.29, 1.82) is 0 Å². The van der Waals surface area contributed by atoms with Crippen LogP contribution in [0.1, 0.15) is 37.5 Å². The highest BCUT2D eigenvalue weighted by molar-refractivity contribution is 7.92. The summed E-state index contributed by atoms with van der Waals surface area (Å²) in [5.41, 5.74) is 3.12. The molecule has 9 heteroatoms. The number of aryl methyl sites for hydroxylation is 2. The first-order valence-electron chi connectivity index (χ1n) is 12.4. The monoisotopic (exact) mass is 555 g/mol. The van der Waals surface area contributed by atoms with Gasteiger partial charge >= 0.3 is 0 Å². The quantitative estimate of drug-likeness (QED) is 0.377. The van der Waals surface area contributed by atoms with Crippen LogP contribution < -0.4 is 9.62 Å². The molecule has 0 heterocycles. The highest BCUT2D eigenvalue weighted by Gasteiger charge is 2.32. The molecule has 3 aromatic rings. The van der Waals surface area contributed by atoms with Gasteiger partial charge in [0.15, 0.2) is 0 Å². The van der Waals surface area contributed by atoms with Crippen LogP contribution in [0.5, 0.6) is 0 Å². The zero-order valence-corrected chi connectivity index (χ0v) is 23.9. The predicted molar refractivity (Wildman–Crippen MR) is 152 cm³/mol. The number of anilines is 1. The average Bonchev–Trinajstić information content (AvgIpc) is 2.86. The van der Waals surface area contributed by atoms with Gasteiger partial charge in [-0.1, -0.05) is 53.6 Å². The van der Waals surface area contributed by atoms with Crippen molar-refractivity contribution in [3.8, 4) is 0 Å². The molecular weight excluding hydrogens is 522 g/mol. The standard InChI is InChI=1S/C29H34ClN3O4S/c1-20(2)31-29(35)23(5)32(18-24-9-7-6-8-22(24)4)28(34)19-33(26-14-10-21(3)11-15-26)38(36,37)27-16-12-25(30)13-17-27/h6-17,20,23H,18-19H2,1-5H3,(H,31,35). The number of hydrogen-bond donors (Lipinski definition) is 1. The van der Waals surface area contributed by atoms with E-state index in [0.717, 1.165) is 21.0 Å². The Kier molecular flexibility index (Phi) is 9.57. The fourth-order valence-corrected chi connectivity index (χ4v) is 5.47. The third-order valence-corrected chi connectivity index (χ3v) is 8.24. The molecule has 0 aliphatic carbocycles. The van der Waals surface area contributed by atoms with Crippen LogP contribution in [-0.2, 0) is 26.2 Å². The molecule has 3 aromatic carbocycles. The molecule has 0 saturated carbocycles. The van der Waals surface area contributed by atoms with E-state index in [4.69, 9.17) is 11.6 Å². The minimum Gasteiger partial charge on any atom is -0.352 e. The Morgan fingerprint density at radius 2 is 1.50 bits per heavy atom. The molecule has 7 nitrogen and oxygen atoms in total. The molecule has 0 aliphatic rings. The van der Waals surface area contributed by atoms with Crippen molar-refractivity contribution in [3.63, 3.8) is 0 Å². The number of amides is 2. The van der Waals surface area contributed by atoms with Crippen LogP contribution in [-0.4, -0.2) is 43.8 Å². The second kappa shape index (κ2) is 12.5. The molecular formula is C29H34ClN3O4S. The van der Waals surface area contributed by atoms with E-state index in [-0.39, 0.29) is 23.4 Å². The van der Waals surface area contributed by atoms with Crippen molar-refractivity contribution in [2.75, 3.05) is 10.8 Å². The van der Waals surface area contributed by atoms with Gasteiger partial charge in [0.05, 0.1) is 10.6 Å². The SMILES string of the molecule is Cc1ccc(N(CC(=O)N(Cc2ccccc2C)C(C)C(=O)NC(C)C)S(=O)(=O)c2ccc(Cl)cc2)cc1. The zero-order valence-electron chi connectivity index (χ0n) is 22.3. The van der Waals surface area contributed by atoms with E-state index >= 15 is 0 Å². The number of carbonyl (C=O) groups excluding carboxylic acids is 2. The minimum absolute atomic E-state index is 0.00586. The molecule has 1 unspecified atom stereocenters. The second-order valence-electron chi connectivity index (χ2n) is 9.59. The second-order valence-corrected chi connectivity index (χ2v) is 11.9. The third-order valence-electron chi connectivity index (χ3n) is 6.20. The van der Waals surface area contributed by atoms with Gasteiger partial charge < -0.3 is 10.2 Å². The largest absolute Gasteiger partial charge is 0.352 e. The fraction of sp³-hybridized carbons (Fsp3) is 0.310. The van der Waals surface area contributed by atoms with Gasteiger partial charge in [-0.15, -0.1) is 0 Å². The van der Waals surface area contributed by atoms with Crippen molar-refractivity contribution in [3.05, 3.63) is 94.5 Å². The molecule has 0 spiro atoms. The Morgan fingerprint density at radius 3 is 2.08 bits per heavy atom. The molecule has 0 bridgehead atoms. The van der Waals surface area contributed by atoms with Crippen LogP contribution in [0.15, 0.2) is 77.7 Å². The third kappa shape index (κ3) is 7.14. The summed E-state index contributed by atoms with van der Waals surface area (Å²) >= 11 is 5.98. The Morgan fingerprint density at radius 1 is 0.895 bits per heavy atom. The van der Waals surface area contributed by atoms with Crippen molar-refractivity contribution in [2.24, 2.45) is 0 Å². The number of nitrogens with one attached hydrogen (secondary N) is 1. The van der Waals surface area contributed by atoms with Gasteiger partial charge in [0, 0.05) is 17.6 Å². The van der Waals surface area contributed by atoms with Crippen LogP contribution in [0.25, 0.3) is 0 Å². The van der Waals surface area contributed by atoms with Crippen molar-refractivity contribution in [1.82, 2.24) is 10.2 Å². The van der Waals surface area contributed by atoms with Crippen LogP contribution in [0.4, 0.5) is 5.69 Å². The zero-order chi connectivity index (χ0) is 28.0. The summed E-state index contributed by atoms with van der Waals surface area (Å²) in [7, 11) is -4.13. The van der Waals surface area contributed by atoms with Crippen LogP contribution >= 0.6 is 11.6 Å². The molecule has 1 N–H and O–H groups in total. The maximum absolute atomic E-state index is 13.9. The molecule has 0 saturated heterocycles. The number of hydrogen-bond acceptors (Lipinski definition) is 4. The van der Waals surface area contributed by atoms with Crippen LogP contribution in [0, 0.1) is 13.8 Å². The van der Waals surface area contributed by atoms with Gasteiger partial charge in [0.25, 0.3) is 10.0 Å².